The second kappa shape index (κ2) is 7.14. The molecule has 0 saturated carbocycles. The van der Waals surface area contributed by atoms with Gasteiger partial charge in [0.05, 0.1) is 17.5 Å². The first-order chi connectivity index (χ1) is 12.5. The average molecular weight is 349 g/mol. The minimum absolute atomic E-state index is 0.186. The lowest BCUT2D eigenvalue weighted by Gasteiger charge is -2.13. The molecule has 3 aromatic rings. The molecular weight excluding hydrogens is 334 g/mol. The lowest BCUT2D eigenvalue weighted by molar-refractivity contribution is -0.148. The van der Waals surface area contributed by atoms with Gasteiger partial charge in [0, 0.05) is 18.1 Å². The van der Waals surface area contributed by atoms with E-state index < -0.39 is 29.4 Å². The fourth-order valence-electron chi connectivity index (χ4n) is 2.77. The van der Waals surface area contributed by atoms with Crippen molar-refractivity contribution in [2.75, 3.05) is 0 Å². The van der Waals surface area contributed by atoms with Crippen molar-refractivity contribution >= 4 is 28.4 Å². The standard InChI is InChI=1S/C20H15NO5/c22-17(10-18(23)20(25)26)15-12-21(11-13-6-2-1-3-7-13)16-9-5-4-8-14(16)19(15)24/h1-9,12H,10-11H2,(H,25,26). The molecule has 0 unspecified atom stereocenters. The first kappa shape index (κ1) is 17.3. The first-order valence-electron chi connectivity index (χ1n) is 7.93. The Kier molecular flexibility index (Phi) is 4.75. The van der Waals surface area contributed by atoms with Crippen molar-refractivity contribution in [3.8, 4) is 0 Å². The molecule has 0 amide bonds. The molecule has 0 spiro atoms. The highest BCUT2D eigenvalue weighted by Crippen LogP contribution is 2.15. The van der Waals surface area contributed by atoms with Crippen molar-refractivity contribution < 1.29 is 19.5 Å². The van der Waals surface area contributed by atoms with E-state index in [2.05, 4.69) is 0 Å². The van der Waals surface area contributed by atoms with Crippen LogP contribution in [-0.2, 0) is 16.1 Å². The molecule has 0 fully saturated rings. The largest absolute Gasteiger partial charge is 0.475 e. The number of fused-ring (bicyclic) bond motifs is 1. The molecule has 0 aliphatic rings. The zero-order valence-electron chi connectivity index (χ0n) is 13.7. The molecule has 2 aromatic carbocycles. The van der Waals surface area contributed by atoms with Crippen LogP contribution in [0.4, 0.5) is 0 Å². The Hall–Kier alpha value is -3.54. The maximum atomic E-state index is 12.6. The molecule has 1 heterocycles. The highest BCUT2D eigenvalue weighted by molar-refractivity contribution is 6.37. The number of carbonyl (C=O) groups excluding carboxylic acids is 2. The molecule has 0 radical (unpaired) electrons. The van der Waals surface area contributed by atoms with Crippen LogP contribution in [0.5, 0.6) is 0 Å². The van der Waals surface area contributed by atoms with Crippen molar-refractivity contribution in [3.63, 3.8) is 0 Å². The maximum Gasteiger partial charge on any atom is 0.372 e. The van der Waals surface area contributed by atoms with Crippen molar-refractivity contribution in [2.45, 2.75) is 13.0 Å². The highest BCUT2D eigenvalue weighted by atomic mass is 16.4. The number of rotatable bonds is 6. The van der Waals surface area contributed by atoms with Crippen LogP contribution in [0.2, 0.25) is 0 Å². The summed E-state index contributed by atoms with van der Waals surface area (Å²) in [5, 5.41) is 9.03. The molecule has 0 atom stereocenters. The minimum atomic E-state index is -1.69. The van der Waals surface area contributed by atoms with Gasteiger partial charge in [0.2, 0.25) is 5.78 Å². The summed E-state index contributed by atoms with van der Waals surface area (Å²) in [5.41, 5.74) is 0.936. The second-order valence-corrected chi connectivity index (χ2v) is 5.83. The number of nitrogens with zero attached hydrogens (tertiary/aromatic N) is 1. The number of carboxylic acids is 1. The van der Waals surface area contributed by atoms with Crippen molar-refractivity contribution in [1.82, 2.24) is 4.57 Å². The van der Waals surface area contributed by atoms with Gasteiger partial charge >= 0.3 is 5.97 Å². The molecule has 6 nitrogen and oxygen atoms in total. The third kappa shape index (κ3) is 3.44. The average Bonchev–Trinajstić information content (AvgIpc) is 2.64. The lowest BCUT2D eigenvalue weighted by atomic mass is 10.0. The number of Topliss-reactive ketones (excluding diaryl/α,β-unsaturated/α-hetero) is 2. The SMILES string of the molecule is O=C(O)C(=O)CC(=O)c1cn(Cc2ccccc2)c2ccccc2c1=O. The van der Waals surface area contributed by atoms with Crippen LogP contribution in [0, 0.1) is 0 Å². The summed E-state index contributed by atoms with van der Waals surface area (Å²) in [6, 6.07) is 16.4. The van der Waals surface area contributed by atoms with Gasteiger partial charge in [-0.25, -0.2) is 4.79 Å². The van der Waals surface area contributed by atoms with Crippen molar-refractivity contribution in [2.24, 2.45) is 0 Å². The molecule has 0 aliphatic heterocycles. The van der Waals surface area contributed by atoms with Crippen LogP contribution in [0.1, 0.15) is 22.3 Å². The van der Waals surface area contributed by atoms with E-state index in [1.54, 1.807) is 28.8 Å². The van der Waals surface area contributed by atoms with Crippen LogP contribution in [0.15, 0.2) is 65.6 Å². The zero-order chi connectivity index (χ0) is 18.7. The van der Waals surface area contributed by atoms with Gasteiger partial charge in [-0.2, -0.15) is 0 Å². The number of aromatic nitrogens is 1. The normalized spacial score (nSPS) is 10.6. The fraction of sp³-hybridized carbons (Fsp3) is 0.100. The monoisotopic (exact) mass is 349 g/mol. The van der Waals surface area contributed by atoms with Gasteiger partial charge in [-0.15, -0.1) is 0 Å². The van der Waals surface area contributed by atoms with E-state index >= 15 is 0 Å². The second-order valence-electron chi connectivity index (χ2n) is 5.83. The highest BCUT2D eigenvalue weighted by Gasteiger charge is 2.21. The molecule has 0 saturated heterocycles. The molecule has 3 rings (SSSR count). The van der Waals surface area contributed by atoms with Gasteiger partial charge in [-0.1, -0.05) is 42.5 Å². The predicted octanol–water partition coefficient (Wildman–Crippen LogP) is 2.28. The zero-order valence-corrected chi connectivity index (χ0v) is 13.7. The smallest absolute Gasteiger partial charge is 0.372 e. The number of hydrogen-bond acceptors (Lipinski definition) is 4. The Bertz CT molecular complexity index is 1070. The number of hydrogen-bond donors (Lipinski definition) is 1. The van der Waals surface area contributed by atoms with E-state index in [0.29, 0.717) is 17.4 Å². The van der Waals surface area contributed by atoms with Crippen LogP contribution in [-0.4, -0.2) is 27.2 Å². The molecule has 6 heteroatoms. The summed E-state index contributed by atoms with van der Waals surface area (Å²) in [5.74, 6) is -3.73. The quantitative estimate of drug-likeness (QED) is 0.419. The van der Waals surface area contributed by atoms with Gasteiger partial charge in [-0.05, 0) is 17.7 Å². The van der Waals surface area contributed by atoms with E-state index in [0.717, 1.165) is 5.56 Å². The third-order valence-corrected chi connectivity index (χ3v) is 4.04. The van der Waals surface area contributed by atoms with Gasteiger partial charge in [0.1, 0.15) is 0 Å². The molecule has 130 valence electrons. The number of benzene rings is 2. The van der Waals surface area contributed by atoms with E-state index in [1.807, 2.05) is 30.3 Å². The third-order valence-electron chi connectivity index (χ3n) is 4.04. The summed E-state index contributed by atoms with van der Waals surface area (Å²) in [6.07, 6.45) is 0.559. The van der Waals surface area contributed by atoms with Crippen LogP contribution < -0.4 is 5.43 Å². The van der Waals surface area contributed by atoms with Crippen LogP contribution in [0.25, 0.3) is 10.9 Å². The van der Waals surface area contributed by atoms with Crippen molar-refractivity contribution in [1.29, 1.82) is 0 Å². The van der Waals surface area contributed by atoms with Gasteiger partial charge < -0.3 is 9.67 Å². The number of aliphatic carboxylic acids is 1. The van der Waals surface area contributed by atoms with E-state index in [4.69, 9.17) is 5.11 Å². The summed E-state index contributed by atoms with van der Waals surface area (Å²) in [4.78, 5) is 47.0. The minimum Gasteiger partial charge on any atom is -0.475 e. The first-order valence-corrected chi connectivity index (χ1v) is 7.93. The molecular formula is C20H15NO5. The molecule has 26 heavy (non-hydrogen) atoms. The maximum absolute atomic E-state index is 12.6. The van der Waals surface area contributed by atoms with Crippen LogP contribution >= 0.6 is 0 Å². The molecule has 1 aromatic heterocycles. The van der Waals surface area contributed by atoms with E-state index in [9.17, 15) is 19.2 Å². The van der Waals surface area contributed by atoms with Crippen LogP contribution in [0.3, 0.4) is 0 Å². The number of ketones is 2. The summed E-state index contributed by atoms with van der Waals surface area (Å²) in [7, 11) is 0. The summed E-state index contributed by atoms with van der Waals surface area (Å²) < 4.78 is 1.75. The van der Waals surface area contributed by atoms with E-state index in [1.165, 1.54) is 6.20 Å². The Morgan fingerprint density at radius 1 is 0.923 bits per heavy atom. The Labute approximate surface area is 148 Å². The van der Waals surface area contributed by atoms with E-state index in [-0.39, 0.29) is 5.56 Å². The molecule has 1 N–H and O–H groups in total. The molecule has 0 aliphatic carbocycles. The molecule has 0 bridgehead atoms. The number of carbonyl (C=O) groups is 3. The fourth-order valence-corrected chi connectivity index (χ4v) is 2.77. The summed E-state index contributed by atoms with van der Waals surface area (Å²) in [6.45, 7) is 0.425. The Morgan fingerprint density at radius 2 is 1.58 bits per heavy atom. The van der Waals surface area contributed by atoms with Gasteiger partial charge in [0.15, 0.2) is 11.2 Å². The van der Waals surface area contributed by atoms with Crippen molar-refractivity contribution in [3.05, 3.63) is 82.1 Å². The Morgan fingerprint density at radius 3 is 2.27 bits per heavy atom. The lowest BCUT2D eigenvalue weighted by Crippen LogP contribution is -2.23. The number of carboxylic acid groups (broad SMARTS) is 1. The number of pyridine rings is 1. The topological polar surface area (TPSA) is 93.4 Å². The predicted molar refractivity (Wildman–Crippen MR) is 95.3 cm³/mol. The Balaban J connectivity index is 2.11. The number of para-hydroxylation sites is 1. The van der Waals surface area contributed by atoms with Gasteiger partial charge in [0.25, 0.3) is 0 Å². The van der Waals surface area contributed by atoms with Gasteiger partial charge in [-0.3, -0.25) is 14.4 Å². The summed E-state index contributed by atoms with van der Waals surface area (Å²) >= 11 is 0.